The van der Waals surface area contributed by atoms with E-state index in [4.69, 9.17) is 5.11 Å². The molecule has 0 spiro atoms. The van der Waals surface area contributed by atoms with E-state index in [-0.39, 0.29) is 12.5 Å². The third-order valence-corrected chi connectivity index (χ3v) is 1.90. The van der Waals surface area contributed by atoms with Gasteiger partial charge in [-0.2, -0.15) is 0 Å². The molecule has 4 heteroatoms. The van der Waals surface area contributed by atoms with E-state index in [1.54, 1.807) is 7.05 Å². The second-order valence-corrected chi connectivity index (χ2v) is 2.96. The summed E-state index contributed by atoms with van der Waals surface area (Å²) in [6, 6.07) is 9.29. The number of benzene rings is 1. The number of hydrogen-bond acceptors (Lipinski definition) is 3. The molecule has 1 unspecified atom stereocenters. The second kappa shape index (κ2) is 5.36. The molecule has 0 bridgehead atoms. The van der Waals surface area contributed by atoms with Crippen LogP contribution in [0.1, 0.15) is 18.0 Å². The lowest BCUT2D eigenvalue weighted by molar-refractivity contribution is -0.137. The highest BCUT2D eigenvalue weighted by Crippen LogP contribution is 2.15. The number of carboxylic acid groups (broad SMARTS) is 1. The van der Waals surface area contributed by atoms with Gasteiger partial charge in [0.15, 0.2) is 0 Å². The van der Waals surface area contributed by atoms with Gasteiger partial charge in [0, 0.05) is 0 Å². The van der Waals surface area contributed by atoms with Crippen molar-refractivity contribution in [3.63, 3.8) is 0 Å². The number of aliphatic carboxylic acids is 1. The Morgan fingerprint density at radius 1 is 1.43 bits per heavy atom. The average molecular weight is 194 g/mol. The summed E-state index contributed by atoms with van der Waals surface area (Å²) in [5, 5.41) is 8.70. The van der Waals surface area contributed by atoms with Crippen molar-refractivity contribution in [2.75, 3.05) is 7.05 Å². The van der Waals surface area contributed by atoms with E-state index in [0.29, 0.717) is 0 Å². The maximum atomic E-state index is 10.6. The number of carboxylic acids is 1. The fourth-order valence-corrected chi connectivity index (χ4v) is 1.29. The van der Waals surface area contributed by atoms with E-state index < -0.39 is 5.97 Å². The van der Waals surface area contributed by atoms with Crippen molar-refractivity contribution < 1.29 is 9.90 Å². The number of hydrazine groups is 1. The summed E-state index contributed by atoms with van der Waals surface area (Å²) in [6.07, 6.45) is 0.0604. The van der Waals surface area contributed by atoms with Gasteiger partial charge in [-0.3, -0.25) is 15.6 Å². The van der Waals surface area contributed by atoms with Gasteiger partial charge >= 0.3 is 5.97 Å². The van der Waals surface area contributed by atoms with Crippen LogP contribution < -0.4 is 10.9 Å². The van der Waals surface area contributed by atoms with Crippen molar-refractivity contribution in [2.24, 2.45) is 0 Å². The first kappa shape index (κ1) is 10.7. The standard InChI is InChI=1S/C10H14N2O2/c1-11-12-9(7-10(13)14)8-5-3-2-4-6-8/h2-6,9,11-12H,7H2,1H3,(H,13,14). The molecular formula is C10H14N2O2. The zero-order chi connectivity index (χ0) is 10.4. The quantitative estimate of drug-likeness (QED) is 0.610. The summed E-state index contributed by atoms with van der Waals surface area (Å²) in [5.74, 6) is -0.818. The highest BCUT2D eigenvalue weighted by atomic mass is 16.4. The van der Waals surface area contributed by atoms with Gasteiger partial charge in [-0.15, -0.1) is 0 Å². The summed E-state index contributed by atoms with van der Waals surface area (Å²) in [4.78, 5) is 10.6. The molecule has 0 aliphatic heterocycles. The van der Waals surface area contributed by atoms with Gasteiger partial charge in [-0.1, -0.05) is 30.3 Å². The van der Waals surface area contributed by atoms with Crippen LogP contribution in [0.4, 0.5) is 0 Å². The van der Waals surface area contributed by atoms with E-state index in [1.165, 1.54) is 0 Å². The molecule has 0 fully saturated rings. The van der Waals surface area contributed by atoms with Crippen molar-refractivity contribution in [1.29, 1.82) is 0 Å². The topological polar surface area (TPSA) is 61.4 Å². The molecule has 0 heterocycles. The molecule has 3 N–H and O–H groups in total. The lowest BCUT2D eigenvalue weighted by atomic mass is 10.1. The van der Waals surface area contributed by atoms with E-state index in [1.807, 2.05) is 30.3 Å². The fourth-order valence-electron chi connectivity index (χ4n) is 1.29. The van der Waals surface area contributed by atoms with E-state index in [2.05, 4.69) is 10.9 Å². The first-order valence-electron chi connectivity index (χ1n) is 4.43. The van der Waals surface area contributed by atoms with Crippen LogP contribution >= 0.6 is 0 Å². The first-order valence-corrected chi connectivity index (χ1v) is 4.43. The third kappa shape index (κ3) is 3.16. The van der Waals surface area contributed by atoms with Gasteiger partial charge in [0.05, 0.1) is 12.5 Å². The van der Waals surface area contributed by atoms with E-state index in [9.17, 15) is 4.79 Å². The number of nitrogens with one attached hydrogen (secondary N) is 2. The average Bonchev–Trinajstić information content (AvgIpc) is 2.18. The van der Waals surface area contributed by atoms with Crippen LogP contribution in [-0.2, 0) is 4.79 Å². The van der Waals surface area contributed by atoms with Gasteiger partial charge < -0.3 is 5.11 Å². The number of hydrogen-bond donors (Lipinski definition) is 3. The monoisotopic (exact) mass is 194 g/mol. The van der Waals surface area contributed by atoms with E-state index in [0.717, 1.165) is 5.56 Å². The Labute approximate surface area is 82.9 Å². The lowest BCUT2D eigenvalue weighted by Crippen LogP contribution is -2.33. The van der Waals surface area contributed by atoms with Crippen molar-refractivity contribution in [2.45, 2.75) is 12.5 Å². The molecule has 0 aliphatic rings. The Balaban J connectivity index is 2.72. The van der Waals surface area contributed by atoms with E-state index >= 15 is 0 Å². The molecular weight excluding hydrogens is 180 g/mol. The van der Waals surface area contributed by atoms with Crippen molar-refractivity contribution >= 4 is 5.97 Å². The normalized spacial score (nSPS) is 12.4. The van der Waals surface area contributed by atoms with Crippen LogP contribution in [0, 0.1) is 0 Å². The number of carbonyl (C=O) groups is 1. The lowest BCUT2D eigenvalue weighted by Gasteiger charge is -2.16. The Hall–Kier alpha value is -1.39. The maximum absolute atomic E-state index is 10.6. The molecule has 0 radical (unpaired) electrons. The zero-order valence-corrected chi connectivity index (χ0v) is 8.03. The third-order valence-electron chi connectivity index (χ3n) is 1.90. The minimum Gasteiger partial charge on any atom is -0.481 e. The van der Waals surface area contributed by atoms with Crippen molar-refractivity contribution in [3.8, 4) is 0 Å². The smallest absolute Gasteiger partial charge is 0.305 e. The van der Waals surface area contributed by atoms with Gasteiger partial charge in [-0.05, 0) is 12.6 Å². The molecule has 0 saturated carbocycles. The Morgan fingerprint density at radius 3 is 2.57 bits per heavy atom. The second-order valence-electron chi connectivity index (χ2n) is 2.96. The molecule has 0 aromatic heterocycles. The minimum absolute atomic E-state index is 0.0604. The Bertz CT molecular complexity index is 287. The summed E-state index contributed by atoms with van der Waals surface area (Å²) < 4.78 is 0. The highest BCUT2D eigenvalue weighted by Gasteiger charge is 2.13. The van der Waals surface area contributed by atoms with Gasteiger partial charge in [0.2, 0.25) is 0 Å². The molecule has 1 rings (SSSR count). The number of rotatable bonds is 5. The fraction of sp³-hybridized carbons (Fsp3) is 0.300. The Kier molecular flexibility index (Phi) is 4.10. The van der Waals surface area contributed by atoms with Crippen molar-refractivity contribution in [1.82, 2.24) is 10.9 Å². The molecule has 0 amide bonds. The Morgan fingerprint density at radius 2 is 2.07 bits per heavy atom. The maximum Gasteiger partial charge on any atom is 0.305 e. The molecule has 0 aliphatic carbocycles. The molecule has 1 aromatic carbocycles. The van der Waals surface area contributed by atoms with Crippen LogP contribution in [0.15, 0.2) is 30.3 Å². The summed E-state index contributed by atoms with van der Waals surface area (Å²) >= 11 is 0. The summed E-state index contributed by atoms with van der Waals surface area (Å²) in [5.41, 5.74) is 6.62. The molecule has 0 saturated heterocycles. The summed E-state index contributed by atoms with van der Waals surface area (Å²) in [7, 11) is 1.72. The summed E-state index contributed by atoms with van der Waals surface area (Å²) in [6.45, 7) is 0. The SMILES string of the molecule is CNNC(CC(=O)O)c1ccccc1. The molecule has 14 heavy (non-hydrogen) atoms. The first-order chi connectivity index (χ1) is 6.74. The molecule has 76 valence electrons. The van der Waals surface area contributed by atoms with Gasteiger partial charge in [0.25, 0.3) is 0 Å². The van der Waals surface area contributed by atoms with Crippen LogP contribution in [0.2, 0.25) is 0 Å². The van der Waals surface area contributed by atoms with Crippen LogP contribution in [-0.4, -0.2) is 18.1 Å². The predicted octanol–water partition coefficient (Wildman–Crippen LogP) is 0.926. The largest absolute Gasteiger partial charge is 0.481 e. The molecule has 1 atom stereocenters. The van der Waals surface area contributed by atoms with Gasteiger partial charge in [0.1, 0.15) is 0 Å². The van der Waals surface area contributed by atoms with Crippen LogP contribution in [0.3, 0.4) is 0 Å². The molecule has 4 nitrogen and oxygen atoms in total. The predicted molar refractivity (Wildman–Crippen MR) is 53.6 cm³/mol. The van der Waals surface area contributed by atoms with Crippen LogP contribution in [0.25, 0.3) is 0 Å². The highest BCUT2D eigenvalue weighted by molar-refractivity contribution is 5.67. The van der Waals surface area contributed by atoms with Gasteiger partial charge in [-0.25, -0.2) is 0 Å². The minimum atomic E-state index is -0.818. The van der Waals surface area contributed by atoms with Crippen molar-refractivity contribution in [3.05, 3.63) is 35.9 Å². The zero-order valence-electron chi connectivity index (χ0n) is 8.03. The molecule has 1 aromatic rings. The van der Waals surface area contributed by atoms with Crippen LogP contribution in [0.5, 0.6) is 0 Å².